The molecule has 2 fully saturated rings. The Bertz CT molecular complexity index is 630. The van der Waals surface area contributed by atoms with Gasteiger partial charge in [-0.3, -0.25) is 9.59 Å². The molecule has 2 amide bonds. The van der Waals surface area contributed by atoms with Gasteiger partial charge in [0.05, 0.1) is 5.41 Å². The molecule has 0 bridgehead atoms. The molecule has 5 nitrogen and oxygen atoms in total. The molecule has 2 aliphatic rings. The van der Waals surface area contributed by atoms with Crippen molar-refractivity contribution in [3.05, 3.63) is 35.9 Å². The predicted molar refractivity (Wildman–Crippen MR) is 98.0 cm³/mol. The topological polar surface area (TPSA) is 66.6 Å². The Kier molecular flexibility index (Phi) is 4.87. The van der Waals surface area contributed by atoms with Crippen molar-refractivity contribution < 1.29 is 9.59 Å². The van der Waals surface area contributed by atoms with Crippen LogP contribution in [0.15, 0.2) is 30.3 Å². The highest BCUT2D eigenvalue weighted by Crippen LogP contribution is 2.33. The number of rotatable bonds is 4. The minimum atomic E-state index is -0.555. The standard InChI is InChI=1S/C20H29N3O2/c1-19(2,16-7-4-3-5-8-16)18(25)23-13-11-22(12-14-23)17(24)15-20(21)9-6-10-20/h3-5,7-8H,6,9-15,21H2,1-2H3. The van der Waals surface area contributed by atoms with Crippen LogP contribution in [0.4, 0.5) is 0 Å². The Morgan fingerprint density at radius 2 is 1.60 bits per heavy atom. The third kappa shape index (κ3) is 3.71. The molecule has 1 aliphatic carbocycles. The van der Waals surface area contributed by atoms with Gasteiger partial charge in [-0.1, -0.05) is 30.3 Å². The molecule has 1 saturated heterocycles. The van der Waals surface area contributed by atoms with E-state index in [9.17, 15) is 9.59 Å². The van der Waals surface area contributed by atoms with Gasteiger partial charge in [-0.25, -0.2) is 0 Å². The van der Waals surface area contributed by atoms with Crippen LogP contribution in [0.2, 0.25) is 0 Å². The minimum absolute atomic E-state index is 0.125. The van der Waals surface area contributed by atoms with Crippen LogP contribution in [0.3, 0.4) is 0 Å². The van der Waals surface area contributed by atoms with Gasteiger partial charge in [-0.05, 0) is 38.7 Å². The summed E-state index contributed by atoms with van der Waals surface area (Å²) in [7, 11) is 0. The molecule has 1 aliphatic heterocycles. The fourth-order valence-corrected chi connectivity index (χ4v) is 3.75. The molecular formula is C20H29N3O2. The molecule has 3 rings (SSSR count). The molecule has 1 aromatic rings. The first-order valence-corrected chi connectivity index (χ1v) is 9.23. The molecule has 25 heavy (non-hydrogen) atoms. The summed E-state index contributed by atoms with van der Waals surface area (Å²) in [6.45, 7) is 6.34. The molecule has 136 valence electrons. The van der Waals surface area contributed by atoms with Gasteiger partial charge in [0.2, 0.25) is 11.8 Å². The van der Waals surface area contributed by atoms with Gasteiger partial charge in [0, 0.05) is 38.1 Å². The summed E-state index contributed by atoms with van der Waals surface area (Å²) < 4.78 is 0. The lowest BCUT2D eigenvalue weighted by molar-refractivity contribution is -0.143. The maximum absolute atomic E-state index is 13.0. The zero-order valence-electron chi connectivity index (χ0n) is 15.3. The Balaban J connectivity index is 1.56. The number of hydrogen-bond acceptors (Lipinski definition) is 3. The molecular weight excluding hydrogens is 314 g/mol. The fraction of sp³-hybridized carbons (Fsp3) is 0.600. The molecule has 5 heteroatoms. The van der Waals surface area contributed by atoms with Crippen LogP contribution in [0.5, 0.6) is 0 Å². The largest absolute Gasteiger partial charge is 0.339 e. The number of benzene rings is 1. The summed E-state index contributed by atoms with van der Waals surface area (Å²) in [5, 5.41) is 0. The van der Waals surface area contributed by atoms with Crippen LogP contribution in [0, 0.1) is 0 Å². The Hall–Kier alpha value is -1.88. The van der Waals surface area contributed by atoms with E-state index in [1.165, 1.54) is 0 Å². The molecule has 0 atom stereocenters. The maximum atomic E-state index is 13.0. The van der Waals surface area contributed by atoms with Gasteiger partial charge in [0.1, 0.15) is 0 Å². The summed E-state index contributed by atoms with van der Waals surface area (Å²) in [4.78, 5) is 29.2. The summed E-state index contributed by atoms with van der Waals surface area (Å²) >= 11 is 0. The lowest BCUT2D eigenvalue weighted by Crippen LogP contribution is -2.56. The smallest absolute Gasteiger partial charge is 0.232 e. The third-order valence-corrected chi connectivity index (χ3v) is 5.80. The van der Waals surface area contributed by atoms with E-state index in [-0.39, 0.29) is 17.4 Å². The second kappa shape index (κ2) is 6.79. The first kappa shape index (κ1) is 17.9. The normalized spacial score (nSPS) is 20.1. The molecule has 2 N–H and O–H groups in total. The van der Waals surface area contributed by atoms with Gasteiger partial charge in [0.25, 0.3) is 0 Å². The van der Waals surface area contributed by atoms with Crippen LogP contribution in [0.1, 0.15) is 45.1 Å². The Morgan fingerprint density at radius 1 is 1.04 bits per heavy atom. The zero-order chi connectivity index (χ0) is 18.1. The monoisotopic (exact) mass is 343 g/mol. The fourth-order valence-electron chi connectivity index (χ4n) is 3.75. The van der Waals surface area contributed by atoms with Crippen molar-refractivity contribution in [2.45, 2.75) is 50.5 Å². The number of carbonyl (C=O) groups excluding carboxylic acids is 2. The molecule has 0 spiro atoms. The summed E-state index contributed by atoms with van der Waals surface area (Å²) in [6, 6.07) is 9.88. The highest BCUT2D eigenvalue weighted by Gasteiger charge is 2.38. The highest BCUT2D eigenvalue weighted by molar-refractivity contribution is 5.87. The average Bonchev–Trinajstić information content (AvgIpc) is 2.60. The van der Waals surface area contributed by atoms with Crippen LogP contribution < -0.4 is 5.73 Å². The maximum Gasteiger partial charge on any atom is 0.232 e. The van der Waals surface area contributed by atoms with Crippen molar-refractivity contribution in [2.24, 2.45) is 5.73 Å². The van der Waals surface area contributed by atoms with Gasteiger partial charge < -0.3 is 15.5 Å². The van der Waals surface area contributed by atoms with Crippen LogP contribution in [0.25, 0.3) is 0 Å². The predicted octanol–water partition coefficient (Wildman–Crippen LogP) is 1.91. The number of nitrogens with zero attached hydrogens (tertiary/aromatic N) is 2. The summed E-state index contributed by atoms with van der Waals surface area (Å²) in [5.74, 6) is 0.261. The van der Waals surface area contributed by atoms with E-state index in [0.29, 0.717) is 32.6 Å². The van der Waals surface area contributed by atoms with Crippen molar-refractivity contribution in [2.75, 3.05) is 26.2 Å². The SMILES string of the molecule is CC(C)(C(=O)N1CCN(C(=O)CC2(N)CCC2)CC1)c1ccccc1. The highest BCUT2D eigenvalue weighted by atomic mass is 16.2. The van der Waals surface area contributed by atoms with E-state index in [0.717, 1.165) is 24.8 Å². The third-order valence-electron chi connectivity index (χ3n) is 5.80. The van der Waals surface area contributed by atoms with Crippen molar-refractivity contribution in [3.8, 4) is 0 Å². The van der Waals surface area contributed by atoms with Crippen LogP contribution in [-0.4, -0.2) is 53.3 Å². The van der Waals surface area contributed by atoms with E-state index < -0.39 is 5.41 Å². The first-order valence-electron chi connectivity index (χ1n) is 9.23. The van der Waals surface area contributed by atoms with Crippen molar-refractivity contribution in [3.63, 3.8) is 0 Å². The van der Waals surface area contributed by atoms with Gasteiger partial charge >= 0.3 is 0 Å². The molecule has 1 saturated carbocycles. The Labute approximate surface area is 150 Å². The quantitative estimate of drug-likeness (QED) is 0.908. The lowest BCUT2D eigenvalue weighted by Gasteiger charge is -2.42. The van der Waals surface area contributed by atoms with E-state index in [2.05, 4.69) is 0 Å². The number of carbonyl (C=O) groups is 2. The van der Waals surface area contributed by atoms with Gasteiger partial charge in [-0.2, -0.15) is 0 Å². The van der Waals surface area contributed by atoms with Crippen molar-refractivity contribution in [1.29, 1.82) is 0 Å². The second-order valence-corrected chi connectivity index (χ2v) is 8.06. The van der Waals surface area contributed by atoms with Crippen molar-refractivity contribution in [1.82, 2.24) is 9.80 Å². The van der Waals surface area contributed by atoms with Crippen LogP contribution in [-0.2, 0) is 15.0 Å². The first-order chi connectivity index (χ1) is 11.8. The van der Waals surface area contributed by atoms with E-state index >= 15 is 0 Å². The van der Waals surface area contributed by atoms with Gasteiger partial charge in [-0.15, -0.1) is 0 Å². The summed E-state index contributed by atoms with van der Waals surface area (Å²) in [5.41, 5.74) is 6.38. The van der Waals surface area contributed by atoms with Crippen LogP contribution >= 0.6 is 0 Å². The molecule has 0 aromatic heterocycles. The van der Waals surface area contributed by atoms with E-state index in [4.69, 9.17) is 5.73 Å². The number of piperazine rings is 1. The molecule has 1 heterocycles. The summed E-state index contributed by atoms with van der Waals surface area (Å²) in [6.07, 6.45) is 3.46. The number of hydrogen-bond donors (Lipinski definition) is 1. The minimum Gasteiger partial charge on any atom is -0.339 e. The molecule has 1 aromatic carbocycles. The van der Waals surface area contributed by atoms with E-state index in [1.807, 2.05) is 54.0 Å². The number of amides is 2. The average molecular weight is 343 g/mol. The number of nitrogens with two attached hydrogens (primary N) is 1. The molecule has 0 unspecified atom stereocenters. The molecule has 0 radical (unpaired) electrons. The van der Waals surface area contributed by atoms with E-state index in [1.54, 1.807) is 0 Å². The Morgan fingerprint density at radius 3 is 2.12 bits per heavy atom. The lowest BCUT2D eigenvalue weighted by atomic mass is 9.75. The van der Waals surface area contributed by atoms with Crippen molar-refractivity contribution >= 4 is 11.8 Å². The second-order valence-electron chi connectivity index (χ2n) is 8.06. The van der Waals surface area contributed by atoms with Gasteiger partial charge in [0.15, 0.2) is 0 Å². The zero-order valence-corrected chi connectivity index (χ0v) is 15.3.